The van der Waals surface area contributed by atoms with Gasteiger partial charge in [0, 0.05) is 6.20 Å². The zero-order chi connectivity index (χ0) is 19.6. The van der Waals surface area contributed by atoms with Crippen LogP contribution in [0.2, 0.25) is 5.02 Å². The first kappa shape index (κ1) is 18.6. The summed E-state index contributed by atoms with van der Waals surface area (Å²) in [5.41, 5.74) is 3.17. The van der Waals surface area contributed by atoms with E-state index in [0.717, 1.165) is 11.1 Å². The van der Waals surface area contributed by atoms with Crippen molar-refractivity contribution >= 4 is 29.0 Å². The smallest absolute Gasteiger partial charge is 0.358 e. The topological polar surface area (TPSA) is 108 Å². The van der Waals surface area contributed by atoms with Gasteiger partial charge in [-0.05, 0) is 29.9 Å². The average Bonchev–Trinajstić information content (AvgIpc) is 3.16. The molecular weight excluding hydrogens is 372 g/mol. The summed E-state index contributed by atoms with van der Waals surface area (Å²) in [7, 11) is 0. The summed E-state index contributed by atoms with van der Waals surface area (Å²) < 4.78 is 2.92. The normalized spacial score (nSPS) is 10.8. The summed E-state index contributed by atoms with van der Waals surface area (Å²) in [5, 5.41) is 21.5. The van der Waals surface area contributed by atoms with Crippen LogP contribution in [0.4, 0.5) is 11.5 Å². The molecule has 0 spiro atoms. The van der Waals surface area contributed by atoms with E-state index in [0.29, 0.717) is 17.9 Å². The number of carbonyl (C=O) groups excluding carboxylic acids is 1. The van der Waals surface area contributed by atoms with Gasteiger partial charge in [-0.2, -0.15) is 9.78 Å². The van der Waals surface area contributed by atoms with Crippen LogP contribution in [0, 0.1) is 24.0 Å². The first-order valence-electron chi connectivity index (χ1n) is 8.09. The van der Waals surface area contributed by atoms with Crippen molar-refractivity contribution in [2.45, 2.75) is 26.9 Å². The van der Waals surface area contributed by atoms with Crippen molar-refractivity contribution < 1.29 is 9.72 Å². The Bertz CT molecular complexity index is 1010. The second-order valence-corrected chi connectivity index (χ2v) is 6.42. The molecule has 0 atom stereocenters. The summed E-state index contributed by atoms with van der Waals surface area (Å²) in [5.74, 6) is -0.851. The van der Waals surface area contributed by atoms with Crippen LogP contribution in [0.1, 0.15) is 16.8 Å². The third kappa shape index (κ3) is 4.14. The van der Waals surface area contributed by atoms with E-state index in [1.807, 2.05) is 31.2 Å². The number of nitro groups is 1. The van der Waals surface area contributed by atoms with Crippen LogP contribution in [0.25, 0.3) is 0 Å². The third-order valence-electron chi connectivity index (χ3n) is 4.09. The molecule has 140 valence electrons. The molecule has 27 heavy (non-hydrogen) atoms. The monoisotopic (exact) mass is 388 g/mol. The maximum atomic E-state index is 12.2. The lowest BCUT2D eigenvalue weighted by Crippen LogP contribution is -2.20. The van der Waals surface area contributed by atoms with Crippen molar-refractivity contribution in [1.82, 2.24) is 19.6 Å². The number of carbonyl (C=O) groups is 1. The number of nitrogens with one attached hydrogen (secondary N) is 1. The van der Waals surface area contributed by atoms with Gasteiger partial charge in [0.2, 0.25) is 5.91 Å². The first-order chi connectivity index (χ1) is 12.8. The average molecular weight is 389 g/mol. The molecule has 3 rings (SSSR count). The van der Waals surface area contributed by atoms with Crippen LogP contribution in [0.3, 0.4) is 0 Å². The molecule has 0 aliphatic rings. The highest BCUT2D eigenvalue weighted by atomic mass is 35.5. The van der Waals surface area contributed by atoms with Crippen molar-refractivity contribution in [3.8, 4) is 0 Å². The van der Waals surface area contributed by atoms with Crippen molar-refractivity contribution in [1.29, 1.82) is 0 Å². The van der Waals surface area contributed by atoms with E-state index in [9.17, 15) is 14.9 Å². The van der Waals surface area contributed by atoms with Crippen LogP contribution in [0.5, 0.6) is 0 Å². The van der Waals surface area contributed by atoms with Gasteiger partial charge in [-0.1, -0.05) is 35.9 Å². The minimum absolute atomic E-state index is 0.0705. The molecule has 10 heteroatoms. The lowest BCUT2D eigenvalue weighted by Gasteiger charge is -2.05. The largest absolute Gasteiger partial charge is 0.408 e. The lowest BCUT2D eigenvalue weighted by atomic mass is 10.1. The molecule has 0 saturated carbocycles. The van der Waals surface area contributed by atoms with Crippen molar-refractivity contribution in [3.63, 3.8) is 0 Å². The fourth-order valence-electron chi connectivity index (χ4n) is 2.59. The predicted octanol–water partition coefficient (Wildman–Crippen LogP) is 2.95. The van der Waals surface area contributed by atoms with Gasteiger partial charge in [-0.15, -0.1) is 0 Å². The number of halogens is 1. The summed E-state index contributed by atoms with van der Waals surface area (Å²) in [6, 6.07) is 7.98. The van der Waals surface area contributed by atoms with E-state index in [4.69, 9.17) is 11.6 Å². The Morgan fingerprint density at radius 1 is 1.33 bits per heavy atom. The molecule has 0 saturated heterocycles. The van der Waals surface area contributed by atoms with Gasteiger partial charge >= 0.3 is 5.82 Å². The second-order valence-electron chi connectivity index (χ2n) is 6.04. The fourth-order valence-corrected chi connectivity index (χ4v) is 2.80. The van der Waals surface area contributed by atoms with Gasteiger partial charge in [0.15, 0.2) is 5.02 Å². The highest BCUT2D eigenvalue weighted by Gasteiger charge is 2.25. The zero-order valence-electron chi connectivity index (χ0n) is 14.7. The van der Waals surface area contributed by atoms with Crippen molar-refractivity contribution in [2.75, 3.05) is 5.32 Å². The fraction of sp³-hybridized carbons (Fsp3) is 0.235. The molecule has 0 bridgehead atoms. The Kier molecular flexibility index (Phi) is 5.22. The van der Waals surface area contributed by atoms with Crippen LogP contribution in [0.15, 0.2) is 36.7 Å². The van der Waals surface area contributed by atoms with Crippen molar-refractivity contribution in [3.05, 3.63) is 68.6 Å². The summed E-state index contributed by atoms with van der Waals surface area (Å²) in [6.07, 6.45) is 3.26. The molecule has 2 heterocycles. The maximum absolute atomic E-state index is 12.2. The molecule has 3 aromatic rings. The lowest BCUT2D eigenvalue weighted by molar-refractivity contribution is -0.389. The first-order valence-corrected chi connectivity index (χ1v) is 8.47. The standard InChI is InChI=1S/C17H17ClN6O3/c1-11-5-3-4-6-13(11)8-22-9-14(7-19-22)20-15(25)10-23-12(2)16(18)17(21-23)24(26)27/h3-7,9H,8,10H2,1-2H3,(H,20,25). The Morgan fingerprint density at radius 2 is 2.07 bits per heavy atom. The van der Waals surface area contributed by atoms with Gasteiger partial charge < -0.3 is 15.4 Å². The number of aryl methyl sites for hydroxylation is 1. The van der Waals surface area contributed by atoms with E-state index < -0.39 is 10.7 Å². The SMILES string of the molecule is Cc1ccccc1Cn1cc(NC(=O)Cn2nc([N+](=O)[O-])c(Cl)c2C)cn1. The molecule has 1 aromatic carbocycles. The molecule has 0 aliphatic heterocycles. The van der Waals surface area contributed by atoms with Gasteiger partial charge in [0.25, 0.3) is 0 Å². The predicted molar refractivity (Wildman–Crippen MR) is 99.8 cm³/mol. The Hall–Kier alpha value is -3.20. The minimum atomic E-state index is -0.681. The second kappa shape index (κ2) is 7.58. The van der Waals surface area contributed by atoms with Crippen LogP contribution < -0.4 is 5.32 Å². The summed E-state index contributed by atoms with van der Waals surface area (Å²) in [6.45, 7) is 3.99. The van der Waals surface area contributed by atoms with Gasteiger partial charge in [-0.3, -0.25) is 9.48 Å². The molecule has 9 nitrogen and oxygen atoms in total. The van der Waals surface area contributed by atoms with E-state index in [1.54, 1.807) is 24.0 Å². The third-order valence-corrected chi connectivity index (χ3v) is 4.54. The molecule has 1 N–H and O–H groups in total. The van der Waals surface area contributed by atoms with Crippen LogP contribution in [-0.2, 0) is 17.9 Å². The van der Waals surface area contributed by atoms with Gasteiger partial charge in [0.1, 0.15) is 6.54 Å². The molecule has 0 radical (unpaired) electrons. The number of anilines is 1. The Morgan fingerprint density at radius 3 is 2.74 bits per heavy atom. The number of rotatable bonds is 6. The van der Waals surface area contributed by atoms with Crippen LogP contribution >= 0.6 is 11.6 Å². The Labute approximate surface area is 159 Å². The van der Waals surface area contributed by atoms with E-state index in [-0.39, 0.29) is 17.5 Å². The Balaban J connectivity index is 1.66. The summed E-state index contributed by atoms with van der Waals surface area (Å²) in [4.78, 5) is 22.4. The highest BCUT2D eigenvalue weighted by molar-refractivity contribution is 6.33. The quantitative estimate of drug-likeness (QED) is 0.516. The zero-order valence-corrected chi connectivity index (χ0v) is 15.5. The summed E-state index contributed by atoms with van der Waals surface area (Å²) >= 11 is 5.88. The molecule has 0 fully saturated rings. The maximum Gasteiger partial charge on any atom is 0.408 e. The molecule has 1 amide bonds. The number of hydrogen-bond donors (Lipinski definition) is 1. The van der Waals surface area contributed by atoms with E-state index in [2.05, 4.69) is 15.5 Å². The number of amides is 1. The number of hydrogen-bond acceptors (Lipinski definition) is 5. The van der Waals surface area contributed by atoms with Gasteiger partial charge in [0.05, 0.1) is 29.2 Å². The van der Waals surface area contributed by atoms with Gasteiger partial charge in [-0.25, -0.2) is 0 Å². The number of aromatic nitrogens is 4. The number of benzene rings is 1. The molecule has 0 unspecified atom stereocenters. The van der Waals surface area contributed by atoms with E-state index in [1.165, 1.54) is 4.68 Å². The molecule has 0 aliphatic carbocycles. The minimum Gasteiger partial charge on any atom is -0.358 e. The molecule has 2 aromatic heterocycles. The highest BCUT2D eigenvalue weighted by Crippen LogP contribution is 2.26. The van der Waals surface area contributed by atoms with E-state index >= 15 is 0 Å². The molecular formula is C17H17ClN6O3. The van der Waals surface area contributed by atoms with Crippen molar-refractivity contribution in [2.24, 2.45) is 0 Å². The van der Waals surface area contributed by atoms with Crippen LogP contribution in [-0.4, -0.2) is 30.4 Å². The number of nitrogens with zero attached hydrogens (tertiary/aromatic N) is 5.